The minimum absolute atomic E-state index is 0.489. The first-order chi connectivity index (χ1) is 10.6. The summed E-state index contributed by atoms with van der Waals surface area (Å²) in [5.74, 6) is 0.489. The van der Waals surface area contributed by atoms with Crippen molar-refractivity contribution in [1.29, 1.82) is 0 Å². The van der Waals surface area contributed by atoms with Crippen LogP contribution in [0.4, 0.5) is 0 Å². The van der Waals surface area contributed by atoms with Crippen LogP contribution in [-0.2, 0) is 0 Å². The molecule has 0 aliphatic carbocycles. The lowest BCUT2D eigenvalue weighted by Gasteiger charge is -2.29. The van der Waals surface area contributed by atoms with Crippen molar-refractivity contribution in [2.45, 2.75) is 26.0 Å². The molecule has 0 spiro atoms. The zero-order valence-electron chi connectivity index (χ0n) is 13.3. The maximum atomic E-state index is 2.46. The second kappa shape index (κ2) is 3.96. The molecule has 22 heavy (non-hydrogen) atoms. The van der Waals surface area contributed by atoms with Gasteiger partial charge in [0, 0.05) is 17.3 Å². The van der Waals surface area contributed by atoms with Gasteiger partial charge in [0.25, 0.3) is 0 Å². The van der Waals surface area contributed by atoms with E-state index in [1.807, 2.05) is 11.8 Å². The Morgan fingerprint density at radius 3 is 2.82 bits per heavy atom. The highest BCUT2D eigenvalue weighted by molar-refractivity contribution is 8.03. The molecule has 0 N–H and O–H groups in total. The summed E-state index contributed by atoms with van der Waals surface area (Å²) in [6.45, 7) is 6.76. The number of hydrogen-bond donors (Lipinski definition) is 0. The van der Waals surface area contributed by atoms with Crippen LogP contribution in [0.1, 0.15) is 22.3 Å². The molecule has 2 unspecified atom stereocenters. The summed E-state index contributed by atoms with van der Waals surface area (Å²) >= 11 is 1.96. The fraction of sp³-hybridized carbons (Fsp3) is 0.316. The summed E-state index contributed by atoms with van der Waals surface area (Å²) in [7, 11) is 2.20. The first-order valence-electron chi connectivity index (χ1n) is 7.84. The highest BCUT2D eigenvalue weighted by Crippen LogP contribution is 2.49. The van der Waals surface area contributed by atoms with Gasteiger partial charge in [-0.3, -0.25) is 0 Å². The van der Waals surface area contributed by atoms with Gasteiger partial charge in [0.2, 0.25) is 5.71 Å². The van der Waals surface area contributed by atoms with Crippen LogP contribution in [0, 0.1) is 26.7 Å². The van der Waals surface area contributed by atoms with E-state index in [0.717, 1.165) is 0 Å². The number of rotatable bonds is 0. The molecule has 0 saturated carbocycles. The van der Waals surface area contributed by atoms with E-state index in [9.17, 15) is 0 Å². The number of benzene rings is 1. The van der Waals surface area contributed by atoms with Crippen molar-refractivity contribution >= 4 is 34.1 Å². The van der Waals surface area contributed by atoms with Crippen molar-refractivity contribution < 1.29 is 4.58 Å². The number of hydrogen-bond acceptors (Lipinski definition) is 1. The summed E-state index contributed by atoms with van der Waals surface area (Å²) in [6.07, 6.45) is 6.93. The minimum Gasteiger partial charge on any atom is -0.318 e. The molecule has 3 aliphatic heterocycles. The molecule has 5 rings (SSSR count). The second-order valence-electron chi connectivity index (χ2n) is 6.73. The van der Waals surface area contributed by atoms with Gasteiger partial charge >= 0.3 is 0 Å². The molecule has 2 nitrogen and oxygen atoms in total. The van der Waals surface area contributed by atoms with Crippen LogP contribution < -0.4 is 0 Å². The zero-order chi connectivity index (χ0) is 15.2. The average Bonchev–Trinajstić information content (AvgIpc) is 3.05. The third kappa shape index (κ3) is 1.32. The fourth-order valence-corrected chi connectivity index (χ4v) is 5.41. The maximum Gasteiger partial charge on any atom is 0.201 e. The van der Waals surface area contributed by atoms with Gasteiger partial charge in [-0.1, -0.05) is 0 Å². The Bertz CT molecular complexity index is 956. The lowest BCUT2D eigenvalue weighted by molar-refractivity contribution is -0.426. The molecular weight excluding hydrogens is 288 g/mol. The fourth-order valence-electron chi connectivity index (χ4n) is 4.27. The van der Waals surface area contributed by atoms with Crippen molar-refractivity contribution in [2.75, 3.05) is 7.05 Å². The van der Waals surface area contributed by atoms with Crippen LogP contribution in [0.25, 0.3) is 16.6 Å². The molecule has 3 heteroatoms. The quantitative estimate of drug-likeness (QED) is 0.666. The number of thioether (sulfide) groups is 1. The topological polar surface area (TPSA) is 7.94 Å². The normalized spacial score (nSPS) is 25.0. The Morgan fingerprint density at radius 2 is 2.00 bits per heavy atom. The van der Waals surface area contributed by atoms with E-state index in [-0.39, 0.29) is 0 Å². The molecule has 0 saturated heterocycles. The second-order valence-corrected chi connectivity index (χ2v) is 7.78. The summed E-state index contributed by atoms with van der Waals surface area (Å²) < 4.78 is 4.80. The Morgan fingerprint density at radius 1 is 1.18 bits per heavy atom. The Labute approximate surface area is 134 Å². The molecule has 1 aromatic heterocycles. The molecule has 3 aliphatic rings. The average molecular weight is 307 g/mol. The minimum atomic E-state index is 0.489. The van der Waals surface area contributed by atoms with Crippen molar-refractivity contribution in [2.24, 2.45) is 5.92 Å². The van der Waals surface area contributed by atoms with Crippen LogP contribution >= 0.6 is 11.8 Å². The van der Waals surface area contributed by atoms with Crippen LogP contribution in [-0.4, -0.2) is 27.2 Å². The number of aromatic nitrogens is 1. The number of nitrogens with zero attached hydrogens (tertiary/aromatic N) is 2. The van der Waals surface area contributed by atoms with Crippen molar-refractivity contribution in [3.8, 4) is 0 Å². The molecule has 0 fully saturated rings. The Balaban J connectivity index is 2.05. The number of aryl methyl sites for hydroxylation is 2. The maximum absolute atomic E-state index is 2.46. The van der Waals surface area contributed by atoms with Gasteiger partial charge in [-0.2, -0.15) is 0 Å². The van der Waals surface area contributed by atoms with Gasteiger partial charge in [0.15, 0.2) is 6.20 Å². The van der Waals surface area contributed by atoms with E-state index >= 15 is 0 Å². The predicted molar refractivity (Wildman–Crippen MR) is 94.7 cm³/mol. The molecule has 4 heterocycles. The van der Waals surface area contributed by atoms with E-state index < -0.39 is 0 Å². The van der Waals surface area contributed by atoms with Crippen LogP contribution in [0.3, 0.4) is 0 Å². The first-order valence-corrected chi connectivity index (χ1v) is 8.78. The molecule has 110 valence electrons. The van der Waals surface area contributed by atoms with Gasteiger partial charge in [-0.05, 0) is 55.0 Å². The third-order valence-corrected chi connectivity index (χ3v) is 6.63. The molecule has 2 atom stereocenters. The van der Waals surface area contributed by atoms with Crippen LogP contribution in [0.5, 0.6) is 0 Å². The Kier molecular flexibility index (Phi) is 2.30. The third-order valence-electron chi connectivity index (χ3n) is 5.51. The lowest BCUT2D eigenvalue weighted by atomic mass is 9.82. The van der Waals surface area contributed by atoms with Gasteiger partial charge in [0.05, 0.1) is 16.3 Å². The highest BCUT2D eigenvalue weighted by atomic mass is 32.2. The molecule has 1 aromatic carbocycles. The van der Waals surface area contributed by atoms with Crippen molar-refractivity contribution in [1.82, 2.24) is 4.57 Å². The van der Waals surface area contributed by atoms with Crippen LogP contribution in [0.15, 0.2) is 29.9 Å². The first kappa shape index (κ1) is 12.8. The Hall–Kier alpha value is -1.74. The van der Waals surface area contributed by atoms with Gasteiger partial charge < -0.3 is 4.57 Å². The van der Waals surface area contributed by atoms with Gasteiger partial charge in [-0.25, -0.2) is 4.58 Å². The van der Waals surface area contributed by atoms with E-state index in [1.54, 1.807) is 0 Å². The highest BCUT2D eigenvalue weighted by Gasteiger charge is 2.46. The van der Waals surface area contributed by atoms with E-state index in [1.165, 1.54) is 44.6 Å². The van der Waals surface area contributed by atoms with Gasteiger partial charge in [-0.15, -0.1) is 11.8 Å². The van der Waals surface area contributed by atoms with Crippen LogP contribution in [0.2, 0.25) is 0 Å². The number of fused-ring (bicyclic) bond motifs is 2. The molecular formula is C19H19N2S+. The number of allylic oxidation sites excluding steroid dienone is 1. The smallest absolute Gasteiger partial charge is 0.201 e. The molecule has 0 radical (unpaired) electrons. The monoisotopic (exact) mass is 307 g/mol. The van der Waals surface area contributed by atoms with Crippen molar-refractivity contribution in [3.05, 3.63) is 52.2 Å². The standard InChI is InChI=1S/C19H19N2S/c1-10-7-13-11(2)8-21-14-9-22-15-5-6-20(4)19(17(14)15)16(12(10)3)18(13)21/h5-9,15,17H,1-4H3/q+1. The lowest BCUT2D eigenvalue weighted by Crippen LogP contribution is -2.37. The predicted octanol–water partition coefficient (Wildman–Crippen LogP) is 4.07. The van der Waals surface area contributed by atoms with E-state index in [4.69, 9.17) is 0 Å². The van der Waals surface area contributed by atoms with E-state index in [0.29, 0.717) is 11.2 Å². The molecule has 2 aromatic rings. The summed E-state index contributed by atoms with van der Waals surface area (Å²) in [5.41, 5.74) is 10.0. The van der Waals surface area contributed by atoms with Gasteiger partial charge in [0.1, 0.15) is 13.0 Å². The summed E-state index contributed by atoms with van der Waals surface area (Å²) in [5, 5.41) is 4.32. The van der Waals surface area contributed by atoms with E-state index in [2.05, 4.69) is 66.9 Å². The zero-order valence-corrected chi connectivity index (χ0v) is 14.2. The van der Waals surface area contributed by atoms with Crippen molar-refractivity contribution in [3.63, 3.8) is 0 Å². The largest absolute Gasteiger partial charge is 0.318 e. The molecule has 0 bridgehead atoms. The summed E-state index contributed by atoms with van der Waals surface area (Å²) in [6, 6.07) is 2.36. The molecule has 0 amide bonds. The SMILES string of the molecule is Cc1cc2c(C)cn3c2c(c1C)C1=[N+](C)C=CC2SC=C3C12. The summed E-state index contributed by atoms with van der Waals surface area (Å²) in [4.78, 5) is 0.